The minimum Gasteiger partial charge on any atom is -0.508 e. The Morgan fingerprint density at radius 3 is 1.19 bits per heavy atom. The molecule has 0 radical (unpaired) electrons. The SMILES string of the molecule is Cc1cc(O)c(Oc2cc(O)c3c(c2Oc2cc(O)cc(O)c2)Oc2c(O)cc(O)cc2O3)c(O)c1.Cc1cc(O)c2c(c1Oc1cc(O)cc(O)c1)Oc1c(O)cc(Oc3cc(O)cc(O)c3)cc1O2.Cc1cc(O)cc(Oc2c(O)cc(O)c3c2Oc2c(O)cc4oc5cc(O)cc(O)c5c4c2O3)c1. The summed E-state index contributed by atoms with van der Waals surface area (Å²) in [5, 5.41) is 193. The van der Waals surface area contributed by atoms with E-state index in [0.29, 0.717) is 16.7 Å². The Hall–Kier alpha value is -15.6. The van der Waals surface area contributed by atoms with E-state index in [1.165, 1.54) is 78.9 Å². The summed E-state index contributed by atoms with van der Waals surface area (Å²) < 4.78 is 69.2. The van der Waals surface area contributed by atoms with Crippen molar-refractivity contribution in [2.45, 2.75) is 20.8 Å². The van der Waals surface area contributed by atoms with E-state index in [1.807, 2.05) is 0 Å². The van der Waals surface area contributed by atoms with Crippen LogP contribution >= 0.6 is 0 Å². The molecule has 0 atom stereocenters. The van der Waals surface area contributed by atoms with Crippen LogP contribution in [0.1, 0.15) is 16.7 Å². The Morgan fingerprint density at radius 1 is 0.217 bits per heavy atom. The van der Waals surface area contributed by atoms with Crippen molar-refractivity contribution in [2.75, 3.05) is 0 Å². The number of phenols is 19. The molecule has 0 saturated heterocycles. The molecule has 0 unspecified atom stereocenters. The van der Waals surface area contributed by atoms with Crippen LogP contribution in [0, 0.1) is 20.8 Å². The minimum atomic E-state index is -0.523. The molecule has 0 bridgehead atoms. The van der Waals surface area contributed by atoms with Crippen molar-refractivity contribution in [1.29, 1.82) is 0 Å². The van der Waals surface area contributed by atoms with Crippen LogP contribution < -0.4 is 52.1 Å². The lowest BCUT2D eigenvalue weighted by atomic mass is 10.1. The standard InChI is InChI=1S/C25H18O11.C25H16O10.C25H18O10/c1-10-2-15(29)21(16(30)3-10)34-20-9-18(32)23-25(24(20)33-14-5-11(26)4-12(27)6-14)36-22-17(31)7-13(28)8-19(22)35-23;1-9-2-10(26)4-12(3-9)32-22-14(29)7-15(30)23-25(22)35-21-16(31)8-18-20(24(21)34-23)19-13(28)5-11(27)6-17(19)33-18;1-11-2-19(30)24-25(22(11)33-17-7-14(28)4-15(29)8-17)35-23-20(31)9-18(10-21(23)34-24)32-16-5-12(26)3-13(27)6-16/h2-9,26-32H,1H3;2-8,26-31H,1H3;2-10,26-31H,1H3. The number of aromatic hydroxyl groups is 19. The summed E-state index contributed by atoms with van der Waals surface area (Å²) in [6.45, 7) is 5.02. The number of fused-ring (bicyclic) bond motifs is 10. The molecule has 0 fully saturated rings. The van der Waals surface area contributed by atoms with Crippen molar-refractivity contribution < 1.29 is 154 Å². The largest absolute Gasteiger partial charge is 0.508 e. The Morgan fingerprint density at radius 2 is 0.594 bits per heavy atom. The summed E-state index contributed by atoms with van der Waals surface area (Å²) in [7, 11) is 0. The maximum atomic E-state index is 10.7. The van der Waals surface area contributed by atoms with Crippen LogP contribution in [0.15, 0.2) is 150 Å². The lowest BCUT2D eigenvalue weighted by Gasteiger charge is -2.25. The molecule has 0 aliphatic carbocycles. The third kappa shape index (κ3) is 13.0. The number of furan rings is 1. The maximum Gasteiger partial charge on any atom is 0.220 e. The number of hydrogen-bond acceptors (Lipinski definition) is 31. The Bertz CT molecular complexity index is 5720. The van der Waals surface area contributed by atoms with Gasteiger partial charge in [0.25, 0.3) is 0 Å². The smallest absolute Gasteiger partial charge is 0.220 e. The second kappa shape index (κ2) is 25.9. The summed E-state index contributed by atoms with van der Waals surface area (Å²) in [4.78, 5) is 0. The van der Waals surface area contributed by atoms with Crippen LogP contribution in [0.25, 0.3) is 21.9 Å². The molecule has 19 N–H and O–H groups in total. The van der Waals surface area contributed by atoms with Crippen LogP contribution in [0.3, 0.4) is 0 Å². The number of benzene rings is 12. The van der Waals surface area contributed by atoms with Gasteiger partial charge in [0.2, 0.25) is 69.0 Å². The van der Waals surface area contributed by atoms with Crippen LogP contribution in [0.2, 0.25) is 0 Å². The fourth-order valence-corrected chi connectivity index (χ4v) is 11.3. The first-order valence-electron chi connectivity index (χ1n) is 30.8. The first kappa shape index (κ1) is 67.6. The van der Waals surface area contributed by atoms with E-state index in [1.54, 1.807) is 26.8 Å². The second-order valence-corrected chi connectivity index (χ2v) is 23.7. The Labute approximate surface area is 592 Å². The quantitative estimate of drug-likeness (QED) is 0.0604. The summed E-state index contributed by atoms with van der Waals surface area (Å²) in [5.41, 5.74) is 1.92. The van der Waals surface area contributed by atoms with E-state index in [-0.39, 0.29) is 217 Å². The molecule has 0 spiro atoms. The van der Waals surface area contributed by atoms with E-state index in [0.717, 1.165) is 60.7 Å². The van der Waals surface area contributed by atoms with Gasteiger partial charge in [-0.25, -0.2) is 0 Å². The molecule has 3 aliphatic rings. The van der Waals surface area contributed by atoms with E-state index < -0.39 is 40.2 Å². The highest BCUT2D eigenvalue weighted by atomic mass is 16.6. The normalized spacial score (nSPS) is 11.8. The summed E-state index contributed by atoms with van der Waals surface area (Å²) in [5.74, 6) is -8.89. The number of hydrogen-bond donors (Lipinski definition) is 19. The first-order valence-corrected chi connectivity index (χ1v) is 30.8. The highest BCUT2D eigenvalue weighted by Crippen LogP contribution is 2.65. The zero-order valence-corrected chi connectivity index (χ0v) is 54.3. The van der Waals surface area contributed by atoms with E-state index in [4.69, 9.17) is 56.5 Å². The van der Waals surface area contributed by atoms with E-state index in [9.17, 15) is 97.0 Å². The second-order valence-electron chi connectivity index (χ2n) is 23.7. The van der Waals surface area contributed by atoms with Gasteiger partial charge in [0, 0.05) is 115 Å². The van der Waals surface area contributed by atoms with Gasteiger partial charge in [-0.2, -0.15) is 0 Å². The van der Waals surface area contributed by atoms with Gasteiger partial charge in [0.15, 0.2) is 80.5 Å². The summed E-state index contributed by atoms with van der Waals surface area (Å²) in [6, 6.07) is 29.7. The highest BCUT2D eigenvalue weighted by Gasteiger charge is 2.37. The predicted octanol–water partition coefficient (Wildman–Crippen LogP) is 16.9. The van der Waals surface area contributed by atoms with Crippen molar-refractivity contribution in [3.63, 3.8) is 0 Å². The van der Waals surface area contributed by atoms with Crippen molar-refractivity contribution in [2.24, 2.45) is 0 Å². The molecule has 538 valence electrons. The molecule has 0 saturated carbocycles. The molecule has 4 heterocycles. The first-order chi connectivity index (χ1) is 50.4. The molecule has 3 aliphatic heterocycles. The summed E-state index contributed by atoms with van der Waals surface area (Å²) >= 11 is 0. The molecule has 0 amide bonds. The number of ether oxygens (including phenoxy) is 11. The fraction of sp³-hybridized carbons (Fsp3) is 0.0400. The molecule has 12 aromatic carbocycles. The van der Waals surface area contributed by atoms with Gasteiger partial charge in [-0.05, 0) is 67.8 Å². The lowest BCUT2D eigenvalue weighted by molar-refractivity contribution is 0.298. The maximum absolute atomic E-state index is 10.7. The highest BCUT2D eigenvalue weighted by molar-refractivity contribution is 6.13. The van der Waals surface area contributed by atoms with Gasteiger partial charge in [0.05, 0.1) is 10.8 Å². The molecule has 16 rings (SSSR count). The molecule has 106 heavy (non-hydrogen) atoms. The zero-order chi connectivity index (χ0) is 75.2. The van der Waals surface area contributed by atoms with Gasteiger partial charge in [-0.1, -0.05) is 0 Å². The van der Waals surface area contributed by atoms with Crippen LogP contribution in [-0.2, 0) is 0 Å². The lowest BCUT2D eigenvalue weighted by Crippen LogP contribution is -2.03. The molecule has 13 aromatic rings. The number of rotatable bonds is 10. The van der Waals surface area contributed by atoms with E-state index in [2.05, 4.69) is 0 Å². The van der Waals surface area contributed by atoms with Crippen molar-refractivity contribution in [3.05, 3.63) is 162 Å². The van der Waals surface area contributed by atoms with E-state index >= 15 is 0 Å². The molecule has 31 heteroatoms. The van der Waals surface area contributed by atoms with Gasteiger partial charge < -0.3 is 154 Å². The fourth-order valence-electron chi connectivity index (χ4n) is 11.3. The molecule has 1 aromatic heterocycles. The Kier molecular flexibility index (Phi) is 16.5. The topological polar surface area (TPSA) is 499 Å². The average molecular weight is 1450 g/mol. The minimum absolute atomic E-state index is 0.0111. The number of phenolic OH excluding ortho intramolecular Hbond substituents is 19. The Balaban J connectivity index is 0.000000134. The van der Waals surface area contributed by atoms with Gasteiger partial charge in [-0.3, -0.25) is 0 Å². The predicted molar refractivity (Wildman–Crippen MR) is 365 cm³/mol. The monoisotopic (exact) mass is 1450 g/mol. The molecule has 31 nitrogen and oxygen atoms in total. The third-order valence-electron chi connectivity index (χ3n) is 15.6. The number of aryl methyl sites for hydroxylation is 3. The zero-order valence-electron chi connectivity index (χ0n) is 54.3. The molecular formula is C75H52O31. The van der Waals surface area contributed by atoms with Crippen LogP contribution in [0.5, 0.6) is 236 Å². The summed E-state index contributed by atoms with van der Waals surface area (Å²) in [6.07, 6.45) is 0. The third-order valence-corrected chi connectivity index (χ3v) is 15.6. The van der Waals surface area contributed by atoms with Crippen molar-refractivity contribution in [1.82, 2.24) is 0 Å². The molecular weight excluding hydrogens is 1400 g/mol. The van der Waals surface area contributed by atoms with Crippen molar-refractivity contribution in [3.8, 4) is 236 Å². The van der Waals surface area contributed by atoms with Crippen LogP contribution in [0.4, 0.5) is 0 Å². The van der Waals surface area contributed by atoms with Crippen LogP contribution in [-0.4, -0.2) is 97.0 Å². The van der Waals surface area contributed by atoms with Gasteiger partial charge >= 0.3 is 0 Å². The van der Waals surface area contributed by atoms with Gasteiger partial charge in [0.1, 0.15) is 97.4 Å². The van der Waals surface area contributed by atoms with Gasteiger partial charge in [-0.15, -0.1) is 0 Å². The van der Waals surface area contributed by atoms with Crippen molar-refractivity contribution >= 4 is 21.9 Å². The average Bonchev–Trinajstić information content (AvgIpc) is 1.45.